The van der Waals surface area contributed by atoms with Crippen molar-refractivity contribution in [2.45, 2.75) is 38.3 Å². The highest BCUT2D eigenvalue weighted by atomic mass is 35.5. The molecule has 17 heavy (non-hydrogen) atoms. The Morgan fingerprint density at radius 2 is 2.41 bits per heavy atom. The summed E-state index contributed by atoms with van der Waals surface area (Å²) in [5.74, 6) is 0.126. The number of hydrogen-bond donors (Lipinski definition) is 2. The zero-order valence-electron chi connectivity index (χ0n) is 9.99. The van der Waals surface area contributed by atoms with Crippen LogP contribution < -0.4 is 10.6 Å². The molecule has 1 atom stereocenters. The van der Waals surface area contributed by atoms with Gasteiger partial charge in [-0.1, -0.05) is 6.07 Å². The van der Waals surface area contributed by atoms with Crippen LogP contribution >= 0.6 is 23.7 Å². The van der Waals surface area contributed by atoms with Gasteiger partial charge >= 0.3 is 0 Å². The zero-order valence-corrected chi connectivity index (χ0v) is 11.6. The van der Waals surface area contributed by atoms with Crippen molar-refractivity contribution in [1.29, 1.82) is 0 Å². The first-order chi connectivity index (χ1) is 7.71. The maximum Gasteiger partial charge on any atom is 0.240 e. The minimum Gasteiger partial charge on any atom is -0.350 e. The predicted molar refractivity (Wildman–Crippen MR) is 73.7 cm³/mol. The molecule has 0 aliphatic carbocycles. The van der Waals surface area contributed by atoms with Crippen molar-refractivity contribution in [3.63, 3.8) is 0 Å². The first-order valence-electron chi connectivity index (χ1n) is 5.76. The number of hydrogen-bond acceptors (Lipinski definition) is 3. The van der Waals surface area contributed by atoms with Crippen LogP contribution in [-0.4, -0.2) is 18.0 Å². The molecular weight excluding hydrogens is 256 g/mol. The first-order valence-corrected chi connectivity index (χ1v) is 6.64. The molecule has 1 saturated heterocycles. The number of halogens is 1. The van der Waals surface area contributed by atoms with E-state index in [1.807, 2.05) is 24.4 Å². The Labute approximate surface area is 112 Å². The van der Waals surface area contributed by atoms with Crippen LogP contribution in [0.5, 0.6) is 0 Å². The largest absolute Gasteiger partial charge is 0.350 e. The number of carbonyl (C=O) groups excluding carboxylic acids is 1. The van der Waals surface area contributed by atoms with Crippen LogP contribution in [0.1, 0.15) is 31.1 Å². The van der Waals surface area contributed by atoms with Gasteiger partial charge in [0.1, 0.15) is 0 Å². The Morgan fingerprint density at radius 3 is 3.00 bits per heavy atom. The molecule has 1 aromatic rings. The lowest BCUT2D eigenvalue weighted by atomic mass is 9.90. The van der Waals surface area contributed by atoms with E-state index in [0.717, 1.165) is 19.4 Å². The lowest BCUT2D eigenvalue weighted by molar-refractivity contribution is -0.128. The molecule has 5 heteroatoms. The Bertz CT molecular complexity index is 347. The Kier molecular flexibility index (Phi) is 5.43. The third-order valence-corrected chi connectivity index (χ3v) is 4.00. The standard InChI is InChI=1S/C12H18N2OS.ClH/c1-12(6-2-3-7-14-12)11(15)13-9-10-5-4-8-16-10;/h4-5,8,14H,2-3,6-7,9H2,1H3,(H,13,15);1H. The van der Waals surface area contributed by atoms with E-state index in [9.17, 15) is 4.79 Å². The van der Waals surface area contributed by atoms with Crippen molar-refractivity contribution in [2.75, 3.05) is 6.54 Å². The summed E-state index contributed by atoms with van der Waals surface area (Å²) in [6.45, 7) is 3.59. The van der Waals surface area contributed by atoms with Gasteiger partial charge in [-0.2, -0.15) is 0 Å². The average molecular weight is 275 g/mol. The minimum atomic E-state index is -0.366. The molecule has 96 valence electrons. The Hall–Kier alpha value is -0.580. The van der Waals surface area contributed by atoms with E-state index in [4.69, 9.17) is 0 Å². The fourth-order valence-electron chi connectivity index (χ4n) is 2.03. The molecule has 1 unspecified atom stereocenters. The summed E-state index contributed by atoms with van der Waals surface area (Å²) in [5, 5.41) is 8.35. The molecule has 1 aliphatic rings. The SMILES string of the molecule is CC1(C(=O)NCc2cccs2)CCCCN1.Cl. The third-order valence-electron chi connectivity index (χ3n) is 3.12. The molecule has 0 spiro atoms. The van der Waals surface area contributed by atoms with Gasteiger partial charge in [0, 0.05) is 4.88 Å². The van der Waals surface area contributed by atoms with Crippen LogP contribution in [-0.2, 0) is 11.3 Å². The highest BCUT2D eigenvalue weighted by Gasteiger charge is 2.33. The maximum absolute atomic E-state index is 12.0. The summed E-state index contributed by atoms with van der Waals surface area (Å²) < 4.78 is 0. The van der Waals surface area contributed by atoms with Crippen LogP contribution in [0.2, 0.25) is 0 Å². The van der Waals surface area contributed by atoms with Gasteiger partial charge in [-0.05, 0) is 44.2 Å². The molecule has 0 bridgehead atoms. The Balaban J connectivity index is 0.00000144. The van der Waals surface area contributed by atoms with Crippen molar-refractivity contribution in [2.24, 2.45) is 0 Å². The lowest BCUT2D eigenvalue weighted by Crippen LogP contribution is -2.56. The van der Waals surface area contributed by atoms with Crippen molar-refractivity contribution in [3.05, 3.63) is 22.4 Å². The quantitative estimate of drug-likeness (QED) is 0.888. The highest BCUT2D eigenvalue weighted by molar-refractivity contribution is 7.09. The maximum atomic E-state index is 12.0. The van der Waals surface area contributed by atoms with Gasteiger partial charge in [-0.25, -0.2) is 0 Å². The van der Waals surface area contributed by atoms with Crippen LogP contribution in [0.15, 0.2) is 17.5 Å². The van der Waals surface area contributed by atoms with Crippen molar-refractivity contribution in [3.8, 4) is 0 Å². The van der Waals surface area contributed by atoms with E-state index in [2.05, 4.69) is 10.6 Å². The topological polar surface area (TPSA) is 41.1 Å². The van der Waals surface area contributed by atoms with E-state index in [0.29, 0.717) is 6.54 Å². The molecule has 0 radical (unpaired) electrons. The lowest BCUT2D eigenvalue weighted by Gasteiger charge is -2.33. The van der Waals surface area contributed by atoms with Gasteiger partial charge in [-0.15, -0.1) is 23.7 Å². The summed E-state index contributed by atoms with van der Waals surface area (Å²) in [4.78, 5) is 13.2. The van der Waals surface area contributed by atoms with E-state index in [1.165, 1.54) is 11.3 Å². The molecule has 0 saturated carbocycles. The first kappa shape index (κ1) is 14.5. The zero-order chi connectivity index (χ0) is 11.4. The Morgan fingerprint density at radius 1 is 1.59 bits per heavy atom. The molecule has 2 rings (SSSR count). The summed E-state index contributed by atoms with van der Waals surface area (Å²) in [5.41, 5.74) is -0.366. The normalized spacial score (nSPS) is 23.8. The number of thiophene rings is 1. The van der Waals surface area contributed by atoms with Gasteiger partial charge in [-0.3, -0.25) is 4.79 Å². The molecule has 2 N–H and O–H groups in total. The van der Waals surface area contributed by atoms with Gasteiger partial charge < -0.3 is 10.6 Å². The van der Waals surface area contributed by atoms with Crippen LogP contribution in [0.3, 0.4) is 0 Å². The van der Waals surface area contributed by atoms with E-state index in [-0.39, 0.29) is 23.9 Å². The highest BCUT2D eigenvalue weighted by Crippen LogP contribution is 2.19. The second-order valence-corrected chi connectivity index (χ2v) is 5.51. The molecule has 1 aliphatic heterocycles. The third kappa shape index (κ3) is 3.69. The fourth-order valence-corrected chi connectivity index (χ4v) is 2.67. The number of nitrogens with one attached hydrogen (secondary N) is 2. The number of rotatable bonds is 3. The van der Waals surface area contributed by atoms with E-state index in [1.54, 1.807) is 11.3 Å². The van der Waals surface area contributed by atoms with E-state index >= 15 is 0 Å². The predicted octanol–water partition coefficient (Wildman–Crippen LogP) is 2.32. The summed E-state index contributed by atoms with van der Waals surface area (Å²) >= 11 is 1.68. The van der Waals surface area contributed by atoms with Gasteiger partial charge in [0.05, 0.1) is 12.1 Å². The fraction of sp³-hybridized carbons (Fsp3) is 0.583. The molecule has 1 aromatic heterocycles. The van der Waals surface area contributed by atoms with E-state index < -0.39 is 0 Å². The monoisotopic (exact) mass is 274 g/mol. The molecular formula is C12H19ClN2OS. The average Bonchev–Trinajstić information content (AvgIpc) is 2.79. The molecule has 2 heterocycles. The van der Waals surface area contributed by atoms with Crippen molar-refractivity contribution >= 4 is 29.7 Å². The van der Waals surface area contributed by atoms with Crippen LogP contribution in [0.25, 0.3) is 0 Å². The summed E-state index contributed by atoms with van der Waals surface area (Å²) in [6.07, 6.45) is 3.24. The smallest absolute Gasteiger partial charge is 0.240 e. The number of amides is 1. The minimum absolute atomic E-state index is 0. The number of piperidine rings is 1. The molecule has 0 aromatic carbocycles. The molecule has 3 nitrogen and oxygen atoms in total. The van der Waals surface area contributed by atoms with Gasteiger partial charge in [0.15, 0.2) is 0 Å². The summed E-state index contributed by atoms with van der Waals surface area (Å²) in [6, 6.07) is 4.05. The van der Waals surface area contributed by atoms with Crippen molar-refractivity contribution < 1.29 is 4.79 Å². The van der Waals surface area contributed by atoms with Crippen LogP contribution in [0.4, 0.5) is 0 Å². The molecule has 1 fully saturated rings. The number of carbonyl (C=O) groups is 1. The summed E-state index contributed by atoms with van der Waals surface area (Å²) in [7, 11) is 0. The second kappa shape index (κ2) is 6.38. The van der Waals surface area contributed by atoms with Crippen LogP contribution in [0, 0.1) is 0 Å². The van der Waals surface area contributed by atoms with Crippen molar-refractivity contribution in [1.82, 2.24) is 10.6 Å². The van der Waals surface area contributed by atoms with Gasteiger partial charge in [0.25, 0.3) is 0 Å². The second-order valence-electron chi connectivity index (χ2n) is 4.48. The molecule has 1 amide bonds. The van der Waals surface area contributed by atoms with Gasteiger partial charge in [0.2, 0.25) is 5.91 Å².